The number of piperazine rings is 1. The molecule has 3 aromatic rings. The molecule has 6 nitrogen and oxygen atoms in total. The van der Waals surface area contributed by atoms with E-state index in [1.54, 1.807) is 0 Å². The number of ether oxygens (including phenoxy) is 1. The van der Waals surface area contributed by atoms with Gasteiger partial charge >= 0.3 is 0 Å². The molecule has 1 atom stereocenters. The number of thiophene rings is 1. The molecule has 0 bridgehead atoms. The van der Waals surface area contributed by atoms with E-state index in [4.69, 9.17) is 14.7 Å². The van der Waals surface area contributed by atoms with Crippen molar-refractivity contribution in [2.45, 2.75) is 44.9 Å². The third kappa shape index (κ3) is 4.19. The van der Waals surface area contributed by atoms with Crippen LogP contribution in [0.1, 0.15) is 48.4 Å². The molecule has 0 radical (unpaired) electrons. The van der Waals surface area contributed by atoms with E-state index >= 15 is 0 Å². The number of rotatable bonds is 5. The minimum atomic E-state index is 0.0481. The molecule has 2 aliphatic carbocycles. The fourth-order valence-corrected chi connectivity index (χ4v) is 6.40. The van der Waals surface area contributed by atoms with E-state index in [-0.39, 0.29) is 12.5 Å². The fourth-order valence-electron chi connectivity index (χ4n) is 5.01. The largest absolute Gasteiger partial charge is 0.484 e. The first-order valence-corrected chi connectivity index (χ1v) is 13.0. The van der Waals surface area contributed by atoms with Crippen molar-refractivity contribution in [2.24, 2.45) is 5.92 Å². The van der Waals surface area contributed by atoms with E-state index in [0.717, 1.165) is 49.2 Å². The highest BCUT2D eigenvalue weighted by Gasteiger charge is 2.32. The van der Waals surface area contributed by atoms with E-state index in [0.29, 0.717) is 19.0 Å². The Morgan fingerprint density at radius 3 is 2.64 bits per heavy atom. The average Bonchev–Trinajstić information content (AvgIpc) is 3.63. The number of hydrogen-bond donors (Lipinski definition) is 0. The van der Waals surface area contributed by atoms with Crippen molar-refractivity contribution in [3.05, 3.63) is 46.6 Å². The van der Waals surface area contributed by atoms with Crippen LogP contribution < -0.4 is 9.64 Å². The topological polar surface area (TPSA) is 58.6 Å². The molecule has 1 aliphatic heterocycles. The smallest absolute Gasteiger partial charge is 0.260 e. The van der Waals surface area contributed by atoms with Gasteiger partial charge in [-0.2, -0.15) is 0 Å². The van der Waals surface area contributed by atoms with Crippen molar-refractivity contribution in [3.63, 3.8) is 0 Å². The SMILES string of the molecule is CC1CCc2c(sc3nc(C4CC4)nc(N4CCN(C(=O)COc5ccccc5)CC4)c23)C1. The summed E-state index contributed by atoms with van der Waals surface area (Å²) in [7, 11) is 0. The number of hydrogen-bond acceptors (Lipinski definition) is 6. The summed E-state index contributed by atoms with van der Waals surface area (Å²) < 4.78 is 5.68. The maximum absolute atomic E-state index is 12.7. The summed E-state index contributed by atoms with van der Waals surface area (Å²) in [6.07, 6.45) is 5.95. The molecule has 2 aromatic heterocycles. The molecule has 0 N–H and O–H groups in total. The second-order valence-electron chi connectivity index (χ2n) is 9.68. The van der Waals surface area contributed by atoms with E-state index in [1.165, 1.54) is 39.9 Å². The quantitative estimate of drug-likeness (QED) is 0.562. The molecule has 6 rings (SSSR count). The predicted molar refractivity (Wildman–Crippen MR) is 131 cm³/mol. The average molecular weight is 463 g/mol. The molecule has 1 saturated heterocycles. The number of carbonyl (C=O) groups excluding carboxylic acids is 1. The van der Waals surface area contributed by atoms with Gasteiger partial charge < -0.3 is 14.5 Å². The standard InChI is InChI=1S/C26H30N4O2S/c1-17-7-10-20-21(15-17)33-26-23(20)25(27-24(28-26)18-8-9-18)30-13-11-29(12-14-30)22(31)16-32-19-5-3-2-4-6-19/h2-6,17-18H,7-16H2,1H3. The van der Waals surface area contributed by atoms with Crippen LogP contribution in [0.4, 0.5) is 5.82 Å². The molecule has 1 unspecified atom stereocenters. The Balaban J connectivity index is 1.20. The van der Waals surface area contributed by atoms with Crippen LogP contribution in [0.2, 0.25) is 0 Å². The van der Waals surface area contributed by atoms with Crippen LogP contribution in [0.3, 0.4) is 0 Å². The van der Waals surface area contributed by atoms with Crippen LogP contribution in [0, 0.1) is 5.92 Å². The van der Waals surface area contributed by atoms with Crippen molar-refractivity contribution in [3.8, 4) is 5.75 Å². The minimum Gasteiger partial charge on any atom is -0.484 e. The fraction of sp³-hybridized carbons (Fsp3) is 0.500. The highest BCUT2D eigenvalue weighted by Crippen LogP contribution is 2.44. The molecule has 7 heteroatoms. The lowest BCUT2D eigenvalue weighted by molar-refractivity contribution is -0.133. The number of nitrogens with zero attached hydrogens (tertiary/aromatic N) is 4. The summed E-state index contributed by atoms with van der Waals surface area (Å²) >= 11 is 1.89. The highest BCUT2D eigenvalue weighted by molar-refractivity contribution is 7.19. The number of aromatic nitrogens is 2. The van der Waals surface area contributed by atoms with Crippen LogP contribution in [-0.2, 0) is 17.6 Å². The van der Waals surface area contributed by atoms with Gasteiger partial charge in [0.2, 0.25) is 0 Å². The number of benzene rings is 1. The Kier molecular flexibility index (Phi) is 5.45. The normalized spacial score (nSPS) is 20.7. The summed E-state index contributed by atoms with van der Waals surface area (Å²) in [5.74, 6) is 4.20. The third-order valence-electron chi connectivity index (χ3n) is 7.13. The van der Waals surface area contributed by atoms with Crippen molar-refractivity contribution >= 4 is 33.3 Å². The summed E-state index contributed by atoms with van der Waals surface area (Å²) in [5, 5.41) is 1.29. The van der Waals surface area contributed by atoms with Crippen molar-refractivity contribution in [2.75, 3.05) is 37.7 Å². The van der Waals surface area contributed by atoms with E-state index in [1.807, 2.05) is 46.6 Å². The lowest BCUT2D eigenvalue weighted by Crippen LogP contribution is -2.50. The predicted octanol–water partition coefficient (Wildman–Crippen LogP) is 4.42. The third-order valence-corrected chi connectivity index (χ3v) is 8.28. The first-order valence-electron chi connectivity index (χ1n) is 12.2. The van der Waals surface area contributed by atoms with Gasteiger partial charge in [-0.05, 0) is 55.7 Å². The van der Waals surface area contributed by atoms with Gasteiger partial charge in [0.15, 0.2) is 6.61 Å². The molecule has 3 aliphatic rings. The van der Waals surface area contributed by atoms with Gasteiger partial charge in [0.25, 0.3) is 5.91 Å². The minimum absolute atomic E-state index is 0.0481. The maximum atomic E-state index is 12.7. The van der Waals surface area contributed by atoms with Gasteiger partial charge in [0.05, 0.1) is 5.39 Å². The Hall–Kier alpha value is -2.67. The summed E-state index contributed by atoms with van der Waals surface area (Å²) in [4.78, 5) is 29.9. The summed E-state index contributed by atoms with van der Waals surface area (Å²) in [6.45, 7) is 5.44. The highest BCUT2D eigenvalue weighted by atomic mass is 32.1. The molecular formula is C26H30N4O2S. The first-order chi connectivity index (χ1) is 16.2. The zero-order valence-corrected chi connectivity index (χ0v) is 19.9. The second-order valence-corrected chi connectivity index (χ2v) is 10.8. The monoisotopic (exact) mass is 462 g/mol. The molecule has 0 spiro atoms. The molecule has 33 heavy (non-hydrogen) atoms. The van der Waals surface area contributed by atoms with Crippen LogP contribution in [-0.4, -0.2) is 53.6 Å². The Labute approximate surface area is 198 Å². The summed E-state index contributed by atoms with van der Waals surface area (Å²) in [6, 6.07) is 9.54. The van der Waals surface area contributed by atoms with Gasteiger partial charge in [-0.15, -0.1) is 11.3 Å². The molecule has 3 heterocycles. The second kappa shape index (κ2) is 8.60. The van der Waals surface area contributed by atoms with Crippen molar-refractivity contribution in [1.82, 2.24) is 14.9 Å². The lowest BCUT2D eigenvalue weighted by Gasteiger charge is -2.36. The molecule has 1 aromatic carbocycles. The van der Waals surface area contributed by atoms with E-state index < -0.39 is 0 Å². The maximum Gasteiger partial charge on any atom is 0.260 e. The van der Waals surface area contributed by atoms with Gasteiger partial charge in [0, 0.05) is 37.0 Å². The Morgan fingerprint density at radius 1 is 1.09 bits per heavy atom. The number of amides is 1. The Bertz CT molecular complexity index is 1170. The van der Waals surface area contributed by atoms with Crippen molar-refractivity contribution < 1.29 is 9.53 Å². The van der Waals surface area contributed by atoms with Crippen LogP contribution in [0.5, 0.6) is 5.75 Å². The number of aryl methyl sites for hydroxylation is 1. The van der Waals surface area contributed by atoms with Crippen LogP contribution in [0.25, 0.3) is 10.2 Å². The van der Waals surface area contributed by atoms with Gasteiger partial charge in [-0.1, -0.05) is 25.1 Å². The zero-order valence-electron chi connectivity index (χ0n) is 19.1. The number of carbonyl (C=O) groups is 1. The van der Waals surface area contributed by atoms with Crippen LogP contribution >= 0.6 is 11.3 Å². The number of anilines is 1. The molecule has 1 saturated carbocycles. The van der Waals surface area contributed by atoms with E-state index in [2.05, 4.69) is 11.8 Å². The summed E-state index contributed by atoms with van der Waals surface area (Å²) in [5.41, 5.74) is 1.49. The van der Waals surface area contributed by atoms with E-state index in [9.17, 15) is 4.79 Å². The number of para-hydroxylation sites is 1. The molecule has 172 valence electrons. The lowest BCUT2D eigenvalue weighted by atomic mass is 9.89. The van der Waals surface area contributed by atoms with Gasteiger partial charge in [-0.3, -0.25) is 4.79 Å². The zero-order chi connectivity index (χ0) is 22.4. The van der Waals surface area contributed by atoms with Gasteiger partial charge in [0.1, 0.15) is 22.2 Å². The van der Waals surface area contributed by atoms with Crippen molar-refractivity contribution in [1.29, 1.82) is 0 Å². The first kappa shape index (κ1) is 20.9. The molecule has 1 amide bonds. The molecule has 2 fully saturated rings. The van der Waals surface area contributed by atoms with Crippen LogP contribution in [0.15, 0.2) is 30.3 Å². The van der Waals surface area contributed by atoms with Gasteiger partial charge in [-0.25, -0.2) is 9.97 Å². The molecular weight excluding hydrogens is 432 g/mol. The Morgan fingerprint density at radius 2 is 1.88 bits per heavy atom. The number of fused-ring (bicyclic) bond motifs is 3.